The van der Waals surface area contributed by atoms with Gasteiger partial charge in [-0.15, -0.1) is 0 Å². The summed E-state index contributed by atoms with van der Waals surface area (Å²) in [7, 11) is 0. The average molecular weight is 314 g/mol. The third-order valence-corrected chi connectivity index (χ3v) is 5.59. The van der Waals surface area contributed by atoms with Gasteiger partial charge in [0, 0.05) is 12.3 Å². The summed E-state index contributed by atoms with van der Waals surface area (Å²) < 4.78 is 5.78. The fourth-order valence-electron chi connectivity index (χ4n) is 4.65. The summed E-state index contributed by atoms with van der Waals surface area (Å²) in [4.78, 5) is 25.9. The lowest BCUT2D eigenvalue weighted by Crippen LogP contribution is -2.59. The predicted octanol–water partition coefficient (Wildman–Crippen LogP) is 4.15. The van der Waals surface area contributed by atoms with E-state index in [2.05, 4.69) is 19.1 Å². The third-order valence-electron chi connectivity index (χ3n) is 5.59. The van der Waals surface area contributed by atoms with Crippen LogP contribution in [-0.4, -0.2) is 17.4 Å². The minimum Gasteiger partial charge on any atom is -0.450 e. The molecule has 0 spiro atoms. The van der Waals surface area contributed by atoms with E-state index in [1.54, 1.807) is 0 Å². The minimum atomic E-state index is -0.967. The summed E-state index contributed by atoms with van der Waals surface area (Å²) in [5.41, 5.74) is 1.96. The first kappa shape index (κ1) is 16.2. The maximum atomic E-state index is 13.4. The van der Waals surface area contributed by atoms with Gasteiger partial charge in [0.2, 0.25) is 0 Å². The van der Waals surface area contributed by atoms with Crippen molar-refractivity contribution in [3.63, 3.8) is 0 Å². The molecule has 1 saturated carbocycles. The lowest BCUT2D eigenvalue weighted by molar-refractivity contribution is -0.162. The lowest BCUT2D eigenvalue weighted by atomic mass is 9.51. The van der Waals surface area contributed by atoms with Crippen molar-refractivity contribution in [2.75, 3.05) is 0 Å². The number of esters is 1. The molecule has 1 aliphatic heterocycles. The Morgan fingerprint density at radius 1 is 1.17 bits per heavy atom. The van der Waals surface area contributed by atoms with Crippen LogP contribution in [0.25, 0.3) is 0 Å². The molecule has 3 aliphatic carbocycles. The van der Waals surface area contributed by atoms with Gasteiger partial charge in [-0.3, -0.25) is 9.59 Å². The number of ketones is 1. The average Bonchev–Trinajstić information content (AvgIpc) is 2.72. The first-order valence-corrected chi connectivity index (χ1v) is 8.46. The summed E-state index contributed by atoms with van der Waals surface area (Å²) in [6.07, 6.45) is 8.05. The zero-order chi connectivity index (χ0) is 17.0. The molecule has 4 atom stereocenters. The summed E-state index contributed by atoms with van der Waals surface area (Å²) in [6, 6.07) is 0. The van der Waals surface area contributed by atoms with E-state index in [-0.39, 0.29) is 23.6 Å². The van der Waals surface area contributed by atoms with Gasteiger partial charge in [0.25, 0.3) is 0 Å². The van der Waals surface area contributed by atoms with Crippen molar-refractivity contribution >= 4 is 11.8 Å². The zero-order valence-corrected chi connectivity index (χ0v) is 14.7. The number of hydrogen-bond acceptors (Lipinski definition) is 3. The van der Waals surface area contributed by atoms with Gasteiger partial charge >= 0.3 is 5.97 Å². The van der Waals surface area contributed by atoms with E-state index in [1.165, 1.54) is 5.57 Å². The van der Waals surface area contributed by atoms with E-state index in [0.29, 0.717) is 19.3 Å². The normalized spacial score (nSPS) is 37.3. The van der Waals surface area contributed by atoms with Crippen LogP contribution in [0.15, 0.2) is 34.9 Å². The number of hydrogen-bond donors (Lipinski definition) is 0. The molecule has 4 bridgehead atoms. The largest absolute Gasteiger partial charge is 0.450 e. The molecule has 3 nitrogen and oxygen atoms in total. The SMILES string of the molecule is CC(C)=CCC12OC(=O)[C@@H]3C[C@@](CC=C(C)C)(C=C(C)[C@@H]31)C2=O. The van der Waals surface area contributed by atoms with Crippen molar-refractivity contribution < 1.29 is 14.3 Å². The van der Waals surface area contributed by atoms with Crippen LogP contribution in [-0.2, 0) is 14.3 Å². The Kier molecular flexibility index (Phi) is 3.66. The molecule has 3 heteroatoms. The first-order valence-electron chi connectivity index (χ1n) is 8.46. The highest BCUT2D eigenvalue weighted by atomic mass is 16.6. The minimum absolute atomic E-state index is 0.0771. The van der Waals surface area contributed by atoms with Gasteiger partial charge in [-0.05, 0) is 47.5 Å². The molecular weight excluding hydrogens is 288 g/mol. The number of carbonyl (C=O) groups excluding carboxylic acids is 2. The Hall–Kier alpha value is -1.64. The van der Waals surface area contributed by atoms with Crippen molar-refractivity contribution in [2.45, 2.75) is 59.5 Å². The van der Waals surface area contributed by atoms with Crippen LogP contribution in [0.1, 0.15) is 53.9 Å². The van der Waals surface area contributed by atoms with Gasteiger partial charge in [0.15, 0.2) is 11.4 Å². The second-order valence-corrected chi connectivity index (χ2v) is 7.94. The number of rotatable bonds is 4. The third kappa shape index (κ3) is 2.24. The highest BCUT2D eigenvalue weighted by Crippen LogP contribution is 2.62. The number of carbonyl (C=O) groups is 2. The summed E-state index contributed by atoms with van der Waals surface area (Å²) in [6.45, 7) is 10.2. The molecule has 1 heterocycles. The Bertz CT molecular complexity index is 658. The summed E-state index contributed by atoms with van der Waals surface area (Å²) in [5, 5.41) is 0. The second kappa shape index (κ2) is 5.19. The fraction of sp³-hybridized carbons (Fsp3) is 0.600. The summed E-state index contributed by atoms with van der Waals surface area (Å²) in [5.74, 6) is -0.310. The highest BCUT2D eigenvalue weighted by molar-refractivity contribution is 6.03. The van der Waals surface area contributed by atoms with Gasteiger partial charge in [0.1, 0.15) is 0 Å². The molecule has 124 valence electrons. The summed E-state index contributed by atoms with van der Waals surface area (Å²) >= 11 is 0. The second-order valence-electron chi connectivity index (χ2n) is 7.94. The molecule has 0 aromatic rings. The van der Waals surface area contributed by atoms with Gasteiger partial charge in [-0.1, -0.05) is 34.9 Å². The van der Waals surface area contributed by atoms with E-state index in [9.17, 15) is 9.59 Å². The van der Waals surface area contributed by atoms with E-state index in [0.717, 1.165) is 11.1 Å². The molecule has 1 saturated heterocycles. The lowest BCUT2D eigenvalue weighted by Gasteiger charge is -2.50. The van der Waals surface area contributed by atoms with Gasteiger partial charge < -0.3 is 4.74 Å². The Labute approximate surface area is 138 Å². The van der Waals surface area contributed by atoms with Crippen molar-refractivity contribution in [3.05, 3.63) is 34.9 Å². The maximum Gasteiger partial charge on any atom is 0.310 e. The smallest absolute Gasteiger partial charge is 0.310 e. The zero-order valence-electron chi connectivity index (χ0n) is 14.7. The molecule has 2 fully saturated rings. The molecule has 23 heavy (non-hydrogen) atoms. The van der Waals surface area contributed by atoms with Gasteiger partial charge in [-0.2, -0.15) is 0 Å². The molecular formula is C20H26O3. The number of Topliss-reactive ketones (excluding diaryl/α,β-unsaturated/α-hetero) is 1. The van der Waals surface area contributed by atoms with Gasteiger partial charge in [0.05, 0.1) is 11.3 Å². The van der Waals surface area contributed by atoms with E-state index < -0.39 is 11.0 Å². The van der Waals surface area contributed by atoms with Crippen molar-refractivity contribution in [1.82, 2.24) is 0 Å². The van der Waals surface area contributed by atoms with Crippen LogP contribution in [0.4, 0.5) is 0 Å². The highest BCUT2D eigenvalue weighted by Gasteiger charge is 2.71. The molecule has 4 rings (SSSR count). The number of allylic oxidation sites excluding steroid dienone is 4. The fourth-order valence-corrected chi connectivity index (χ4v) is 4.65. The van der Waals surface area contributed by atoms with Crippen LogP contribution in [0.3, 0.4) is 0 Å². The monoisotopic (exact) mass is 314 g/mol. The van der Waals surface area contributed by atoms with Crippen molar-refractivity contribution in [2.24, 2.45) is 17.3 Å². The van der Waals surface area contributed by atoms with E-state index >= 15 is 0 Å². The molecule has 1 unspecified atom stereocenters. The molecule has 0 radical (unpaired) electrons. The van der Waals surface area contributed by atoms with Crippen LogP contribution in [0.5, 0.6) is 0 Å². The van der Waals surface area contributed by atoms with E-state index in [1.807, 2.05) is 33.8 Å². The first-order chi connectivity index (χ1) is 10.7. The Morgan fingerprint density at radius 3 is 2.39 bits per heavy atom. The maximum absolute atomic E-state index is 13.4. The van der Waals surface area contributed by atoms with E-state index in [4.69, 9.17) is 4.74 Å². The van der Waals surface area contributed by atoms with Crippen LogP contribution in [0, 0.1) is 17.3 Å². The molecule has 0 amide bonds. The molecule has 4 aliphatic rings. The quantitative estimate of drug-likeness (QED) is 0.578. The predicted molar refractivity (Wildman–Crippen MR) is 89.7 cm³/mol. The Balaban J connectivity index is 2.11. The van der Waals surface area contributed by atoms with Crippen LogP contribution >= 0.6 is 0 Å². The molecule has 0 aromatic heterocycles. The van der Waals surface area contributed by atoms with Gasteiger partial charge in [-0.25, -0.2) is 0 Å². The van der Waals surface area contributed by atoms with Crippen molar-refractivity contribution in [1.29, 1.82) is 0 Å². The molecule has 0 N–H and O–H groups in total. The topological polar surface area (TPSA) is 43.4 Å². The van der Waals surface area contributed by atoms with Crippen LogP contribution < -0.4 is 0 Å². The molecule has 0 aromatic carbocycles. The number of ether oxygens (including phenoxy) is 1. The van der Waals surface area contributed by atoms with Crippen LogP contribution in [0.2, 0.25) is 0 Å². The Morgan fingerprint density at radius 2 is 1.78 bits per heavy atom. The standard InChI is InChI=1S/C20H26O3/c1-12(2)6-8-19-10-14(5)16-15(11-19)17(21)23-20(16,18(19)22)9-7-13(3)4/h6-7,10,15-16H,8-9,11H2,1-5H3/t15-,16+,19-,20?/m1/s1. The van der Waals surface area contributed by atoms with Crippen molar-refractivity contribution in [3.8, 4) is 0 Å².